The molecule has 0 radical (unpaired) electrons. The van der Waals surface area contributed by atoms with Gasteiger partial charge in [0.15, 0.2) is 0 Å². The van der Waals surface area contributed by atoms with Crippen LogP contribution in [-0.2, 0) is 11.4 Å². The second-order valence-electron chi connectivity index (χ2n) is 5.13. The highest BCUT2D eigenvalue weighted by Gasteiger charge is 2.24. The van der Waals surface area contributed by atoms with Crippen molar-refractivity contribution < 1.29 is 29.6 Å². The third-order valence-corrected chi connectivity index (χ3v) is 3.54. The topological polar surface area (TPSA) is 194 Å². The second kappa shape index (κ2) is 8.09. The highest BCUT2D eigenvalue weighted by Crippen LogP contribution is 2.30. The number of carboxylic acids is 2. The number of nitrogens with one attached hydrogen (secondary N) is 1. The summed E-state index contributed by atoms with van der Waals surface area (Å²) in [6, 6.07) is 7.76. The molecule has 0 amide bonds. The number of nitrogens with two attached hydrogens (primary N) is 2. The number of rotatable bonds is 4. The van der Waals surface area contributed by atoms with Crippen LogP contribution in [0.15, 0.2) is 36.4 Å². The zero-order valence-corrected chi connectivity index (χ0v) is 13.7. The lowest BCUT2D eigenvalue weighted by Crippen LogP contribution is -2.33. The van der Waals surface area contributed by atoms with Gasteiger partial charge in [-0.15, -0.1) is 0 Å². The molecular weight excluding hydrogens is 362 g/mol. The van der Waals surface area contributed by atoms with Gasteiger partial charge in [0, 0.05) is 12.1 Å². The van der Waals surface area contributed by atoms with Crippen LogP contribution < -0.4 is 22.3 Å². The van der Waals surface area contributed by atoms with Gasteiger partial charge in [-0.05, 0) is 23.8 Å². The number of hydrogen-bond acceptors (Lipinski definition) is 9. The van der Waals surface area contributed by atoms with E-state index in [2.05, 4.69) is 17.1 Å². The number of nitro groups is 1. The molecule has 27 heavy (non-hydrogen) atoms. The number of non-ortho nitro benzene ring substituents is 1. The van der Waals surface area contributed by atoms with Gasteiger partial charge in [0.1, 0.15) is 12.3 Å². The van der Waals surface area contributed by atoms with E-state index in [0.717, 1.165) is 23.4 Å². The molecule has 2 aliphatic rings. The number of aromatic carboxylic acids is 2. The molecule has 0 fully saturated rings. The number of anilines is 2. The first-order valence-electron chi connectivity index (χ1n) is 7.28. The molecule has 2 aromatic rings. The Morgan fingerprint density at radius 2 is 1.78 bits per heavy atom. The van der Waals surface area contributed by atoms with E-state index in [0.29, 0.717) is 5.56 Å². The largest absolute Gasteiger partial charge is 0.478 e. The van der Waals surface area contributed by atoms with Crippen molar-refractivity contribution in [1.29, 1.82) is 0 Å². The van der Waals surface area contributed by atoms with E-state index in [9.17, 15) is 29.9 Å². The van der Waals surface area contributed by atoms with Crippen molar-refractivity contribution in [1.82, 2.24) is 0 Å². The lowest BCUT2D eigenvalue weighted by Gasteiger charge is -2.29. The van der Waals surface area contributed by atoms with Gasteiger partial charge in [0.05, 0.1) is 21.7 Å². The van der Waals surface area contributed by atoms with Crippen molar-refractivity contribution in [3.05, 3.63) is 63.2 Å². The summed E-state index contributed by atoms with van der Waals surface area (Å²) >= 11 is 0. The van der Waals surface area contributed by atoms with Gasteiger partial charge in [-0.1, -0.05) is 6.07 Å². The minimum Gasteiger partial charge on any atom is -0.478 e. The third kappa shape index (κ3) is 4.09. The molecule has 12 nitrogen and oxygen atoms in total. The average Bonchev–Trinajstić information content (AvgIpc) is 2.63. The molecule has 2 bridgehead atoms. The Morgan fingerprint density at radius 3 is 2.37 bits per heavy atom. The van der Waals surface area contributed by atoms with Crippen LogP contribution >= 0.6 is 0 Å². The van der Waals surface area contributed by atoms with E-state index in [1.54, 1.807) is 6.07 Å². The van der Waals surface area contributed by atoms with Crippen LogP contribution in [-0.4, -0.2) is 27.1 Å². The van der Waals surface area contributed by atoms with Crippen LogP contribution in [0.5, 0.6) is 0 Å². The van der Waals surface area contributed by atoms with Gasteiger partial charge in [-0.2, -0.15) is 5.17 Å². The summed E-state index contributed by atoms with van der Waals surface area (Å²) in [4.78, 5) is 38.5. The van der Waals surface area contributed by atoms with E-state index < -0.39 is 16.9 Å². The molecule has 0 atom stereocenters. The van der Waals surface area contributed by atoms with E-state index >= 15 is 0 Å². The number of hydrogen-bond donors (Lipinski definition) is 5. The normalized spacial score (nSPS) is 12.1. The van der Waals surface area contributed by atoms with E-state index in [1.807, 2.05) is 0 Å². The van der Waals surface area contributed by atoms with Gasteiger partial charge < -0.3 is 10.2 Å². The summed E-state index contributed by atoms with van der Waals surface area (Å²) in [6.45, 7) is -0.0602. The van der Waals surface area contributed by atoms with Gasteiger partial charge >= 0.3 is 11.9 Å². The summed E-state index contributed by atoms with van der Waals surface area (Å²) in [7, 11) is 0. The highest BCUT2D eigenvalue weighted by molar-refractivity contribution is 5.97. The van der Waals surface area contributed by atoms with Crippen LogP contribution in [0.2, 0.25) is 0 Å². The average molecular weight is 377 g/mol. The zero-order chi connectivity index (χ0) is 20.1. The van der Waals surface area contributed by atoms with Crippen molar-refractivity contribution in [3.8, 4) is 0 Å². The Morgan fingerprint density at radius 1 is 1.11 bits per heavy atom. The van der Waals surface area contributed by atoms with Gasteiger partial charge in [0.25, 0.3) is 5.69 Å². The van der Waals surface area contributed by atoms with E-state index in [4.69, 9.17) is 4.84 Å². The van der Waals surface area contributed by atoms with Crippen molar-refractivity contribution in [2.24, 2.45) is 11.7 Å². The number of hydrazine groups is 2. The van der Waals surface area contributed by atoms with Crippen molar-refractivity contribution in [2.45, 2.75) is 6.61 Å². The molecule has 0 saturated carbocycles. The van der Waals surface area contributed by atoms with Crippen molar-refractivity contribution in [3.63, 3.8) is 0 Å². The Balaban J connectivity index is 0.00000126. The maximum Gasteiger partial charge on any atom is 0.337 e. The minimum absolute atomic E-state index is 0.0342. The van der Waals surface area contributed by atoms with Gasteiger partial charge in [-0.3, -0.25) is 27.2 Å². The molecule has 2 aromatic carbocycles. The first kappa shape index (κ1) is 19.6. The predicted molar refractivity (Wildman–Crippen MR) is 92.7 cm³/mol. The number of nitro benzene ring substituents is 1. The fourth-order valence-electron chi connectivity index (χ4n) is 2.35. The van der Waals surface area contributed by atoms with Crippen LogP contribution in [0.25, 0.3) is 0 Å². The van der Waals surface area contributed by atoms with Gasteiger partial charge in [0.2, 0.25) is 0 Å². The van der Waals surface area contributed by atoms with Crippen LogP contribution in [0, 0.1) is 10.1 Å². The number of benzene rings is 2. The lowest BCUT2D eigenvalue weighted by molar-refractivity contribution is -0.384. The number of fused-ring (bicyclic) bond motifs is 5. The first-order chi connectivity index (χ1) is 12.9. The Labute approximate surface area is 151 Å². The zero-order valence-electron chi connectivity index (χ0n) is 13.7. The molecule has 4 rings (SSSR count). The van der Waals surface area contributed by atoms with E-state index in [1.165, 1.54) is 12.1 Å². The van der Waals surface area contributed by atoms with Crippen LogP contribution in [0.3, 0.4) is 0 Å². The minimum atomic E-state index is -1.32. The third-order valence-electron chi connectivity index (χ3n) is 3.54. The molecule has 0 spiro atoms. The molecule has 142 valence electrons. The monoisotopic (exact) mass is 377 g/mol. The van der Waals surface area contributed by atoms with Crippen molar-refractivity contribution in [2.75, 3.05) is 10.6 Å². The van der Waals surface area contributed by atoms with E-state index in [-0.39, 0.29) is 34.8 Å². The number of nitrogens with zero attached hydrogens (tertiary/aromatic N) is 2. The summed E-state index contributed by atoms with van der Waals surface area (Å²) in [5.41, 5.74) is 2.61. The standard InChI is InChI=1S/C15H11N3O7.H4N2/c19-14(20)10-3-2-9(18(23)24)6-13(10)17-16-12-4-1-8(7-25-17)5-11(12)15(21)22;1-2/h1-6,16H,7H2,(H,19,20)(H,21,22);1-2H2. The molecule has 2 heterocycles. The Hall–Kier alpha value is -3.74. The lowest BCUT2D eigenvalue weighted by atomic mass is 10.1. The Bertz CT molecular complexity index is 902. The van der Waals surface area contributed by atoms with Crippen LogP contribution in [0.1, 0.15) is 26.3 Å². The maximum atomic E-state index is 11.4. The molecule has 0 aliphatic carbocycles. The molecule has 0 saturated heterocycles. The molecule has 0 unspecified atom stereocenters. The van der Waals surface area contributed by atoms with Crippen LogP contribution in [0.4, 0.5) is 17.1 Å². The molecular formula is C15H15N5O7. The summed E-state index contributed by atoms with van der Waals surface area (Å²) < 4.78 is 0. The molecule has 0 aromatic heterocycles. The number of carbonyl (C=O) groups is 2. The Kier molecular flexibility index (Phi) is 5.87. The predicted octanol–water partition coefficient (Wildman–Crippen LogP) is 1.09. The van der Waals surface area contributed by atoms with Crippen molar-refractivity contribution >= 4 is 29.0 Å². The maximum absolute atomic E-state index is 11.4. The summed E-state index contributed by atoms with van der Waals surface area (Å²) in [5.74, 6) is 5.51. The SMILES string of the molecule is NN.O=C(O)c1cc2ccc1NN(c1cc([N+](=O)[O-])ccc1C(=O)O)OC2. The van der Waals surface area contributed by atoms with Gasteiger partial charge in [-0.25, -0.2) is 14.4 Å². The molecule has 12 heteroatoms. The smallest absolute Gasteiger partial charge is 0.337 e. The quantitative estimate of drug-likeness (QED) is 0.290. The number of carboxylic acid groups (broad SMARTS) is 2. The summed E-state index contributed by atoms with van der Waals surface area (Å²) in [6.07, 6.45) is 0. The fourth-order valence-corrected chi connectivity index (χ4v) is 2.35. The second-order valence-corrected chi connectivity index (χ2v) is 5.13. The fraction of sp³-hybridized carbons (Fsp3) is 0.0667. The highest BCUT2D eigenvalue weighted by atomic mass is 16.7. The molecule has 7 N–H and O–H groups in total. The summed E-state index contributed by atoms with van der Waals surface area (Å²) in [5, 5.41) is 30.5. The molecule has 2 aliphatic heterocycles. The first-order valence-corrected chi connectivity index (χ1v) is 7.28.